The normalized spacial score (nSPS) is 10.1. The number of rotatable bonds is 2. The van der Waals surface area contributed by atoms with Crippen LogP contribution in [-0.4, -0.2) is 19.5 Å². The number of fused-ring (bicyclic) bond motifs is 1. The standard InChI is InChI=1S/C8H7N5O2/c1-2-15-4-13-3-10-5-6(13)11-8(9)12-7(5)14/h1,3H,4H2,(H3,9,11,12,14). The van der Waals surface area contributed by atoms with Crippen molar-refractivity contribution in [2.45, 2.75) is 6.73 Å². The Labute approximate surface area is 83.9 Å². The number of nitrogens with one attached hydrogen (secondary N) is 1. The summed E-state index contributed by atoms with van der Waals surface area (Å²) in [7, 11) is 0. The van der Waals surface area contributed by atoms with E-state index < -0.39 is 5.56 Å². The molecule has 3 N–H and O–H groups in total. The highest BCUT2D eigenvalue weighted by molar-refractivity contribution is 5.70. The van der Waals surface area contributed by atoms with Crippen LogP contribution in [0.1, 0.15) is 0 Å². The van der Waals surface area contributed by atoms with Crippen LogP contribution in [0.3, 0.4) is 0 Å². The Balaban J connectivity index is 2.59. The molecule has 0 aliphatic carbocycles. The molecule has 0 radical (unpaired) electrons. The van der Waals surface area contributed by atoms with Crippen LogP contribution in [0.5, 0.6) is 0 Å². The van der Waals surface area contributed by atoms with E-state index in [2.05, 4.69) is 15.0 Å². The molecule has 2 heterocycles. The van der Waals surface area contributed by atoms with E-state index in [0.717, 1.165) is 0 Å². The first-order chi connectivity index (χ1) is 7.22. The smallest absolute Gasteiger partial charge is 0.280 e. The molecule has 0 bridgehead atoms. The lowest BCUT2D eigenvalue weighted by atomic mass is 10.5. The molecule has 76 valence electrons. The quantitative estimate of drug-likeness (QED) is 0.629. The van der Waals surface area contributed by atoms with Crippen LogP contribution in [0.4, 0.5) is 5.95 Å². The van der Waals surface area contributed by atoms with E-state index in [1.165, 1.54) is 10.9 Å². The van der Waals surface area contributed by atoms with E-state index in [0.29, 0.717) is 5.65 Å². The summed E-state index contributed by atoms with van der Waals surface area (Å²) in [5.41, 5.74) is 5.54. The van der Waals surface area contributed by atoms with Gasteiger partial charge in [-0.1, -0.05) is 6.42 Å². The number of terminal acetylenes is 1. The number of aromatic nitrogens is 4. The molecular weight excluding hydrogens is 198 g/mol. The van der Waals surface area contributed by atoms with Gasteiger partial charge in [-0.25, -0.2) is 4.98 Å². The van der Waals surface area contributed by atoms with Gasteiger partial charge < -0.3 is 10.5 Å². The molecule has 0 unspecified atom stereocenters. The van der Waals surface area contributed by atoms with Crippen molar-refractivity contribution in [2.75, 3.05) is 5.73 Å². The zero-order chi connectivity index (χ0) is 10.8. The minimum Gasteiger partial charge on any atom is -0.424 e. The molecule has 0 fully saturated rings. The third-order valence-electron chi connectivity index (χ3n) is 1.78. The summed E-state index contributed by atoms with van der Waals surface area (Å²) < 4.78 is 6.21. The van der Waals surface area contributed by atoms with E-state index >= 15 is 0 Å². The van der Waals surface area contributed by atoms with Crippen LogP contribution in [0, 0.1) is 12.5 Å². The zero-order valence-electron chi connectivity index (χ0n) is 7.60. The van der Waals surface area contributed by atoms with Gasteiger partial charge in [-0.2, -0.15) is 4.98 Å². The van der Waals surface area contributed by atoms with Gasteiger partial charge in [0.1, 0.15) is 12.4 Å². The number of hydrogen-bond acceptors (Lipinski definition) is 5. The maximum absolute atomic E-state index is 11.4. The van der Waals surface area contributed by atoms with Crippen LogP contribution in [0.2, 0.25) is 0 Å². The fraction of sp³-hybridized carbons (Fsp3) is 0.125. The molecule has 0 saturated carbocycles. The number of imidazole rings is 1. The Morgan fingerprint density at radius 1 is 1.73 bits per heavy atom. The van der Waals surface area contributed by atoms with Crippen molar-refractivity contribution in [1.29, 1.82) is 0 Å². The summed E-state index contributed by atoms with van der Waals surface area (Å²) in [5, 5.41) is 0. The average molecular weight is 205 g/mol. The number of H-pyrrole nitrogens is 1. The molecule has 0 spiro atoms. The second kappa shape index (κ2) is 3.34. The maximum atomic E-state index is 11.4. The van der Waals surface area contributed by atoms with Gasteiger partial charge >= 0.3 is 0 Å². The van der Waals surface area contributed by atoms with Gasteiger partial charge in [-0.15, -0.1) is 0 Å². The number of nitrogens with two attached hydrogens (primary N) is 1. The molecule has 7 nitrogen and oxygen atoms in total. The molecule has 0 aromatic carbocycles. The highest BCUT2D eigenvalue weighted by atomic mass is 16.5. The molecule has 0 amide bonds. The zero-order valence-corrected chi connectivity index (χ0v) is 7.60. The molecule has 2 aromatic rings. The molecule has 0 aliphatic rings. The van der Waals surface area contributed by atoms with Crippen LogP contribution in [0.25, 0.3) is 11.2 Å². The number of nitrogens with zero attached hydrogens (tertiary/aromatic N) is 3. The van der Waals surface area contributed by atoms with Crippen molar-refractivity contribution in [1.82, 2.24) is 19.5 Å². The first kappa shape index (κ1) is 9.08. The van der Waals surface area contributed by atoms with Gasteiger partial charge in [0.15, 0.2) is 17.9 Å². The van der Waals surface area contributed by atoms with Crippen LogP contribution < -0.4 is 11.3 Å². The average Bonchev–Trinajstić information content (AvgIpc) is 2.58. The van der Waals surface area contributed by atoms with Gasteiger partial charge in [0.2, 0.25) is 5.95 Å². The lowest BCUT2D eigenvalue weighted by Gasteiger charge is -2.00. The van der Waals surface area contributed by atoms with Crippen molar-refractivity contribution < 1.29 is 4.74 Å². The summed E-state index contributed by atoms with van der Waals surface area (Å²) in [6.07, 6.45) is 8.34. The molecule has 0 atom stereocenters. The minimum absolute atomic E-state index is 0.0231. The van der Waals surface area contributed by atoms with Crippen LogP contribution in [-0.2, 0) is 11.5 Å². The number of hydrogen-bond donors (Lipinski definition) is 2. The van der Waals surface area contributed by atoms with E-state index in [9.17, 15) is 4.79 Å². The number of ether oxygens (including phenoxy) is 1. The van der Waals surface area contributed by atoms with Gasteiger partial charge in [0.05, 0.1) is 0 Å². The monoisotopic (exact) mass is 205 g/mol. The van der Waals surface area contributed by atoms with Crippen molar-refractivity contribution in [3.05, 3.63) is 16.7 Å². The third-order valence-corrected chi connectivity index (χ3v) is 1.78. The van der Waals surface area contributed by atoms with Gasteiger partial charge in [0.25, 0.3) is 5.56 Å². The second-order valence-electron chi connectivity index (χ2n) is 2.73. The van der Waals surface area contributed by atoms with Crippen molar-refractivity contribution in [3.63, 3.8) is 0 Å². The third kappa shape index (κ3) is 1.48. The van der Waals surface area contributed by atoms with E-state index in [4.69, 9.17) is 16.9 Å². The Kier molecular flexibility index (Phi) is 2.02. The summed E-state index contributed by atoms with van der Waals surface area (Å²) in [5.74, 6) is 0.0231. The lowest BCUT2D eigenvalue weighted by molar-refractivity contribution is 0.203. The minimum atomic E-state index is -0.392. The molecule has 0 saturated heterocycles. The van der Waals surface area contributed by atoms with Crippen LogP contribution >= 0.6 is 0 Å². The Hall–Kier alpha value is -2.49. The molecule has 15 heavy (non-hydrogen) atoms. The molecular formula is C8H7N5O2. The van der Waals surface area contributed by atoms with Gasteiger partial charge in [-0.05, 0) is 0 Å². The molecule has 2 aromatic heterocycles. The topological polar surface area (TPSA) is 98.8 Å². The fourth-order valence-electron chi connectivity index (χ4n) is 1.17. The summed E-state index contributed by atoms with van der Waals surface area (Å²) in [6.45, 7) is 0.0723. The van der Waals surface area contributed by atoms with Gasteiger partial charge in [0, 0.05) is 0 Å². The molecule has 7 heteroatoms. The van der Waals surface area contributed by atoms with Crippen molar-refractivity contribution in [3.8, 4) is 12.5 Å². The van der Waals surface area contributed by atoms with Crippen molar-refractivity contribution in [2.24, 2.45) is 0 Å². The number of nitrogen functional groups attached to an aromatic ring is 1. The van der Waals surface area contributed by atoms with E-state index in [-0.39, 0.29) is 18.2 Å². The van der Waals surface area contributed by atoms with Crippen LogP contribution in [0.15, 0.2) is 11.1 Å². The SMILES string of the molecule is C#COCn1cnc2c(=O)[nH]c(N)nc21. The Bertz CT molecular complexity index is 591. The Morgan fingerprint density at radius 3 is 3.27 bits per heavy atom. The fourth-order valence-corrected chi connectivity index (χ4v) is 1.17. The van der Waals surface area contributed by atoms with Crippen molar-refractivity contribution >= 4 is 17.1 Å². The Morgan fingerprint density at radius 2 is 2.53 bits per heavy atom. The van der Waals surface area contributed by atoms with Gasteiger partial charge in [-0.3, -0.25) is 14.3 Å². The van der Waals surface area contributed by atoms with E-state index in [1.54, 1.807) is 0 Å². The predicted octanol–water partition coefficient (Wildman–Crippen LogP) is -0.733. The summed E-state index contributed by atoms with van der Waals surface area (Å²) >= 11 is 0. The lowest BCUT2D eigenvalue weighted by Crippen LogP contribution is -2.12. The van der Waals surface area contributed by atoms with E-state index in [1.807, 2.05) is 6.11 Å². The largest absolute Gasteiger partial charge is 0.424 e. The predicted molar refractivity (Wildman–Crippen MR) is 52.5 cm³/mol. The maximum Gasteiger partial charge on any atom is 0.280 e. The summed E-state index contributed by atoms with van der Waals surface area (Å²) in [4.78, 5) is 21.5. The molecule has 2 rings (SSSR count). The summed E-state index contributed by atoms with van der Waals surface area (Å²) in [6, 6.07) is 0. The highest BCUT2D eigenvalue weighted by Gasteiger charge is 2.08. The highest BCUT2D eigenvalue weighted by Crippen LogP contribution is 2.05. The first-order valence-electron chi connectivity index (χ1n) is 4.00. The second-order valence-corrected chi connectivity index (χ2v) is 2.73. The number of aromatic amines is 1. The number of anilines is 1. The molecule has 0 aliphatic heterocycles. The first-order valence-corrected chi connectivity index (χ1v) is 4.00.